The van der Waals surface area contributed by atoms with Crippen LogP contribution in [0.5, 0.6) is 0 Å². The van der Waals surface area contributed by atoms with Crippen molar-refractivity contribution in [3.63, 3.8) is 0 Å². The maximum absolute atomic E-state index is 3.82. The predicted molar refractivity (Wildman–Crippen MR) is 97.0 cm³/mol. The molecule has 0 rings (SSSR count). The number of unbranched alkanes of at least 4 members (excludes halogenated alkanes) is 1. The lowest BCUT2D eigenvalue weighted by atomic mass is 9.79. The summed E-state index contributed by atoms with van der Waals surface area (Å²) >= 11 is 0. The Hall–Kier alpha value is -0.0800. The van der Waals surface area contributed by atoms with Crippen molar-refractivity contribution < 1.29 is 0 Å². The molecular weight excluding hydrogens is 256 g/mol. The van der Waals surface area contributed by atoms with Gasteiger partial charge in [0.1, 0.15) is 0 Å². The zero-order chi connectivity index (χ0) is 16.3. The average Bonchev–Trinajstić information content (AvgIpc) is 2.51. The van der Waals surface area contributed by atoms with E-state index in [-0.39, 0.29) is 5.54 Å². The summed E-state index contributed by atoms with van der Waals surface area (Å²) in [4.78, 5) is 2.66. The third-order valence-electron chi connectivity index (χ3n) is 5.52. The fourth-order valence-electron chi connectivity index (χ4n) is 3.75. The normalized spacial score (nSPS) is 17.7. The minimum Gasteiger partial charge on any atom is -0.312 e. The summed E-state index contributed by atoms with van der Waals surface area (Å²) in [6.45, 7) is 19.7. The van der Waals surface area contributed by atoms with Crippen molar-refractivity contribution in [3.05, 3.63) is 0 Å². The van der Waals surface area contributed by atoms with Crippen LogP contribution in [0.1, 0.15) is 87.0 Å². The maximum Gasteiger partial charge on any atom is 0.0331 e. The van der Waals surface area contributed by atoms with Gasteiger partial charge in [0, 0.05) is 11.6 Å². The van der Waals surface area contributed by atoms with Gasteiger partial charge in [-0.2, -0.15) is 0 Å². The Morgan fingerprint density at radius 3 is 2.00 bits per heavy atom. The zero-order valence-electron chi connectivity index (χ0n) is 16.0. The Morgan fingerprint density at radius 1 is 1.00 bits per heavy atom. The van der Waals surface area contributed by atoms with Crippen LogP contribution in [-0.4, -0.2) is 36.1 Å². The van der Waals surface area contributed by atoms with Crippen LogP contribution < -0.4 is 5.32 Å². The molecule has 0 aliphatic heterocycles. The Morgan fingerprint density at radius 2 is 1.62 bits per heavy atom. The van der Waals surface area contributed by atoms with Crippen LogP contribution in [-0.2, 0) is 0 Å². The van der Waals surface area contributed by atoms with E-state index in [2.05, 4.69) is 58.7 Å². The fourth-order valence-corrected chi connectivity index (χ4v) is 3.75. The summed E-state index contributed by atoms with van der Waals surface area (Å²) in [7, 11) is 0. The van der Waals surface area contributed by atoms with Crippen LogP contribution in [0.3, 0.4) is 0 Å². The van der Waals surface area contributed by atoms with E-state index in [9.17, 15) is 0 Å². The minimum absolute atomic E-state index is 0.277. The lowest BCUT2D eigenvalue weighted by molar-refractivity contribution is 0.0593. The van der Waals surface area contributed by atoms with Crippen LogP contribution in [0.2, 0.25) is 0 Å². The topological polar surface area (TPSA) is 15.3 Å². The molecule has 0 aliphatic rings. The van der Waals surface area contributed by atoms with E-state index in [0.29, 0.717) is 6.04 Å². The van der Waals surface area contributed by atoms with Gasteiger partial charge in [-0.25, -0.2) is 0 Å². The molecule has 2 nitrogen and oxygen atoms in total. The highest BCUT2D eigenvalue weighted by atomic mass is 15.2. The zero-order valence-corrected chi connectivity index (χ0v) is 16.0. The molecule has 0 radical (unpaired) electrons. The molecule has 128 valence electrons. The highest BCUT2D eigenvalue weighted by Crippen LogP contribution is 2.30. The molecular formula is C19H42N2. The highest BCUT2D eigenvalue weighted by Gasteiger charge is 2.37. The molecule has 0 aromatic rings. The third-order valence-corrected chi connectivity index (χ3v) is 5.52. The third kappa shape index (κ3) is 6.28. The Kier molecular flexibility index (Phi) is 11.4. The van der Waals surface area contributed by atoms with Crippen LogP contribution in [0.25, 0.3) is 0 Å². The van der Waals surface area contributed by atoms with Crippen molar-refractivity contribution >= 4 is 0 Å². The minimum atomic E-state index is 0.277. The summed E-state index contributed by atoms with van der Waals surface area (Å²) in [6.07, 6.45) is 7.96. The summed E-state index contributed by atoms with van der Waals surface area (Å²) in [5.74, 6) is 0.871. The first kappa shape index (κ1) is 20.9. The first-order valence-electron chi connectivity index (χ1n) is 9.52. The van der Waals surface area contributed by atoms with Gasteiger partial charge in [0.2, 0.25) is 0 Å². The Bertz CT molecular complexity index is 238. The van der Waals surface area contributed by atoms with E-state index >= 15 is 0 Å². The quantitative estimate of drug-likeness (QED) is 0.510. The van der Waals surface area contributed by atoms with Crippen molar-refractivity contribution in [1.82, 2.24) is 10.2 Å². The smallest absolute Gasteiger partial charge is 0.0331 e. The van der Waals surface area contributed by atoms with Crippen molar-refractivity contribution in [2.75, 3.05) is 19.6 Å². The van der Waals surface area contributed by atoms with Crippen LogP contribution in [0, 0.1) is 5.92 Å². The molecule has 21 heavy (non-hydrogen) atoms. The second-order valence-electron chi connectivity index (χ2n) is 6.65. The van der Waals surface area contributed by atoms with E-state index in [1.807, 2.05) is 0 Å². The van der Waals surface area contributed by atoms with Crippen LogP contribution >= 0.6 is 0 Å². The van der Waals surface area contributed by atoms with Crippen molar-refractivity contribution in [2.24, 2.45) is 5.92 Å². The molecule has 0 saturated carbocycles. The number of hydrogen-bond donors (Lipinski definition) is 1. The Labute approximate surface area is 135 Å². The van der Waals surface area contributed by atoms with Crippen LogP contribution in [0.4, 0.5) is 0 Å². The van der Waals surface area contributed by atoms with Crippen molar-refractivity contribution in [1.29, 1.82) is 0 Å². The van der Waals surface area contributed by atoms with Gasteiger partial charge in [-0.05, 0) is 45.3 Å². The van der Waals surface area contributed by atoms with Gasteiger partial charge < -0.3 is 5.32 Å². The summed E-state index contributed by atoms with van der Waals surface area (Å²) in [5.41, 5.74) is 0.277. The lowest BCUT2D eigenvalue weighted by Crippen LogP contribution is -2.59. The molecule has 0 amide bonds. The highest BCUT2D eigenvalue weighted by molar-refractivity contribution is 4.96. The number of rotatable bonds is 13. The fraction of sp³-hybridized carbons (Fsp3) is 1.00. The molecule has 1 N–H and O–H groups in total. The largest absolute Gasteiger partial charge is 0.312 e. The number of likely N-dealkylation sites (N-methyl/N-ethyl adjacent to an activating group) is 2. The molecule has 0 spiro atoms. The molecule has 0 bridgehead atoms. The number of nitrogens with zero attached hydrogens (tertiary/aromatic N) is 1. The molecule has 0 aromatic carbocycles. The van der Waals surface area contributed by atoms with E-state index in [0.717, 1.165) is 25.6 Å². The lowest BCUT2D eigenvalue weighted by Gasteiger charge is -2.47. The predicted octanol–water partition coefficient (Wildman–Crippen LogP) is 5.08. The van der Waals surface area contributed by atoms with E-state index in [4.69, 9.17) is 0 Å². The van der Waals surface area contributed by atoms with Crippen molar-refractivity contribution in [2.45, 2.75) is 98.6 Å². The molecule has 0 saturated heterocycles. The van der Waals surface area contributed by atoms with Gasteiger partial charge in [-0.15, -0.1) is 0 Å². The van der Waals surface area contributed by atoms with Crippen molar-refractivity contribution in [3.8, 4) is 0 Å². The number of hydrogen-bond acceptors (Lipinski definition) is 2. The van der Waals surface area contributed by atoms with Gasteiger partial charge in [0.25, 0.3) is 0 Å². The summed E-state index contributed by atoms with van der Waals surface area (Å²) in [5, 5.41) is 3.82. The van der Waals surface area contributed by atoms with E-state index in [1.54, 1.807) is 0 Å². The Balaban J connectivity index is 5.04. The summed E-state index contributed by atoms with van der Waals surface area (Å²) in [6, 6.07) is 0.606. The molecule has 0 heterocycles. The first-order chi connectivity index (χ1) is 10.0. The number of nitrogens with one attached hydrogen (secondary N) is 1. The SMILES string of the molecule is CCCCC(CC)CC(NCC)C(C)(CC)N(CC)CC. The van der Waals surface area contributed by atoms with Gasteiger partial charge >= 0.3 is 0 Å². The maximum atomic E-state index is 3.82. The van der Waals surface area contributed by atoms with E-state index in [1.165, 1.54) is 38.5 Å². The van der Waals surface area contributed by atoms with Gasteiger partial charge in [0.15, 0.2) is 0 Å². The monoisotopic (exact) mass is 298 g/mol. The molecule has 2 heteroatoms. The summed E-state index contributed by atoms with van der Waals surface area (Å²) < 4.78 is 0. The standard InChI is InChI=1S/C19H42N2/c1-8-14-15-17(9-2)16-18(20-11-4)19(7,10-3)21(12-5)13-6/h17-18,20H,8-16H2,1-7H3. The second kappa shape index (κ2) is 11.5. The van der Waals surface area contributed by atoms with E-state index < -0.39 is 0 Å². The first-order valence-corrected chi connectivity index (χ1v) is 9.52. The molecule has 0 aliphatic carbocycles. The molecule has 0 fully saturated rings. The molecule has 3 atom stereocenters. The van der Waals surface area contributed by atoms with Gasteiger partial charge in [0.05, 0.1) is 0 Å². The molecule has 0 aromatic heterocycles. The average molecular weight is 299 g/mol. The second-order valence-corrected chi connectivity index (χ2v) is 6.65. The van der Waals surface area contributed by atoms with Gasteiger partial charge in [-0.3, -0.25) is 4.90 Å². The van der Waals surface area contributed by atoms with Gasteiger partial charge in [-0.1, -0.05) is 67.2 Å². The molecule has 3 unspecified atom stereocenters. The van der Waals surface area contributed by atoms with Crippen LogP contribution in [0.15, 0.2) is 0 Å².